The van der Waals surface area contributed by atoms with Crippen LogP contribution >= 0.6 is 0 Å². The van der Waals surface area contributed by atoms with E-state index in [0.29, 0.717) is 24.2 Å². The first-order valence-corrected chi connectivity index (χ1v) is 6.58. The average Bonchev–Trinajstić information content (AvgIpc) is 2.83. The number of hydrogen-bond donors (Lipinski definition) is 1. The van der Waals surface area contributed by atoms with Crippen LogP contribution in [-0.4, -0.2) is 32.1 Å². The Morgan fingerprint density at radius 1 is 1.50 bits per heavy atom. The molecule has 0 spiro atoms. The molecular formula is C13H23NO2. The molecule has 92 valence electrons. The maximum Gasteiger partial charge on any atom is 0.138 e. The van der Waals surface area contributed by atoms with Gasteiger partial charge in [0, 0.05) is 18.9 Å². The molecule has 1 N–H and O–H groups in total. The van der Waals surface area contributed by atoms with E-state index >= 15 is 0 Å². The van der Waals surface area contributed by atoms with E-state index in [0.717, 1.165) is 32.5 Å². The van der Waals surface area contributed by atoms with Gasteiger partial charge in [-0.05, 0) is 44.2 Å². The van der Waals surface area contributed by atoms with Crippen LogP contribution < -0.4 is 5.32 Å². The standard InChI is InChI=1S/C13H23NO2/c1-10(11-3-2-5-14-8-11)7-13(15)12-4-6-16-9-12/h10-12,14H,2-9H2,1H3. The summed E-state index contributed by atoms with van der Waals surface area (Å²) in [7, 11) is 0. The Balaban J connectivity index is 1.76. The Kier molecular flexibility index (Phi) is 4.36. The van der Waals surface area contributed by atoms with Crippen molar-refractivity contribution in [3.05, 3.63) is 0 Å². The molecule has 3 nitrogen and oxygen atoms in total. The molecule has 2 saturated heterocycles. The van der Waals surface area contributed by atoms with Gasteiger partial charge in [0.05, 0.1) is 6.61 Å². The fraction of sp³-hybridized carbons (Fsp3) is 0.923. The molecule has 16 heavy (non-hydrogen) atoms. The van der Waals surface area contributed by atoms with Crippen LogP contribution in [0.4, 0.5) is 0 Å². The van der Waals surface area contributed by atoms with Crippen LogP contribution in [0.1, 0.15) is 32.6 Å². The summed E-state index contributed by atoms with van der Waals surface area (Å²) < 4.78 is 5.27. The van der Waals surface area contributed by atoms with Gasteiger partial charge < -0.3 is 10.1 Å². The monoisotopic (exact) mass is 225 g/mol. The van der Waals surface area contributed by atoms with Crippen LogP contribution in [0.3, 0.4) is 0 Å². The van der Waals surface area contributed by atoms with Crippen molar-refractivity contribution in [1.82, 2.24) is 5.32 Å². The number of nitrogens with one attached hydrogen (secondary N) is 1. The SMILES string of the molecule is CC(CC(=O)C1CCOC1)C1CCCNC1. The number of Topliss-reactive ketones (excluding diaryl/α,β-unsaturated/α-hetero) is 1. The van der Waals surface area contributed by atoms with Crippen LogP contribution in [0.5, 0.6) is 0 Å². The molecule has 2 aliphatic heterocycles. The van der Waals surface area contributed by atoms with Gasteiger partial charge >= 0.3 is 0 Å². The number of ketones is 1. The lowest BCUT2D eigenvalue weighted by Gasteiger charge is -2.28. The highest BCUT2D eigenvalue weighted by atomic mass is 16.5. The summed E-state index contributed by atoms with van der Waals surface area (Å²) in [5, 5.41) is 3.42. The molecule has 3 atom stereocenters. The van der Waals surface area contributed by atoms with Gasteiger partial charge in [0.2, 0.25) is 0 Å². The van der Waals surface area contributed by atoms with E-state index in [4.69, 9.17) is 4.74 Å². The van der Waals surface area contributed by atoms with E-state index in [9.17, 15) is 4.79 Å². The van der Waals surface area contributed by atoms with Crippen LogP contribution in [0.25, 0.3) is 0 Å². The lowest BCUT2D eigenvalue weighted by Crippen LogP contribution is -2.34. The maximum absolute atomic E-state index is 12.0. The fourth-order valence-corrected chi connectivity index (χ4v) is 2.80. The third kappa shape index (κ3) is 3.05. The summed E-state index contributed by atoms with van der Waals surface area (Å²) in [5.74, 6) is 1.84. The lowest BCUT2D eigenvalue weighted by molar-refractivity contribution is -0.124. The molecule has 0 aliphatic carbocycles. The van der Waals surface area contributed by atoms with Crippen molar-refractivity contribution < 1.29 is 9.53 Å². The van der Waals surface area contributed by atoms with Gasteiger partial charge in [0.1, 0.15) is 5.78 Å². The van der Waals surface area contributed by atoms with Gasteiger partial charge in [-0.1, -0.05) is 6.92 Å². The normalized spacial score (nSPS) is 32.6. The predicted molar refractivity (Wildman–Crippen MR) is 63.3 cm³/mol. The van der Waals surface area contributed by atoms with Crippen molar-refractivity contribution in [2.24, 2.45) is 17.8 Å². The molecule has 0 amide bonds. The Labute approximate surface area is 97.9 Å². The van der Waals surface area contributed by atoms with Crippen molar-refractivity contribution in [2.75, 3.05) is 26.3 Å². The van der Waals surface area contributed by atoms with Crippen molar-refractivity contribution in [3.63, 3.8) is 0 Å². The Bertz CT molecular complexity index is 230. The average molecular weight is 225 g/mol. The molecule has 0 aromatic rings. The first kappa shape index (κ1) is 12.1. The number of carbonyl (C=O) groups is 1. The summed E-state index contributed by atoms with van der Waals surface area (Å²) in [5.41, 5.74) is 0. The predicted octanol–water partition coefficient (Wildman–Crippen LogP) is 1.62. The Morgan fingerprint density at radius 3 is 3.00 bits per heavy atom. The fourth-order valence-electron chi connectivity index (χ4n) is 2.80. The number of ether oxygens (including phenoxy) is 1. The van der Waals surface area contributed by atoms with Crippen LogP contribution in [-0.2, 0) is 9.53 Å². The second-order valence-corrected chi connectivity index (χ2v) is 5.31. The number of piperidine rings is 1. The first-order valence-electron chi connectivity index (χ1n) is 6.58. The van der Waals surface area contributed by atoms with Crippen molar-refractivity contribution in [1.29, 1.82) is 0 Å². The minimum absolute atomic E-state index is 0.194. The molecule has 0 bridgehead atoms. The van der Waals surface area contributed by atoms with Crippen molar-refractivity contribution >= 4 is 5.78 Å². The largest absolute Gasteiger partial charge is 0.381 e. The van der Waals surface area contributed by atoms with Gasteiger partial charge in [-0.15, -0.1) is 0 Å². The zero-order chi connectivity index (χ0) is 11.4. The molecule has 0 saturated carbocycles. The summed E-state index contributed by atoms with van der Waals surface area (Å²) in [4.78, 5) is 12.0. The van der Waals surface area contributed by atoms with E-state index in [1.54, 1.807) is 0 Å². The summed E-state index contributed by atoms with van der Waals surface area (Å²) in [6, 6.07) is 0. The smallest absolute Gasteiger partial charge is 0.138 e. The van der Waals surface area contributed by atoms with E-state index in [2.05, 4.69) is 12.2 Å². The number of rotatable bonds is 4. The molecule has 3 unspecified atom stereocenters. The minimum Gasteiger partial charge on any atom is -0.381 e. The van der Waals surface area contributed by atoms with E-state index in [1.165, 1.54) is 12.8 Å². The third-order valence-electron chi connectivity index (χ3n) is 4.05. The highest BCUT2D eigenvalue weighted by Crippen LogP contribution is 2.25. The summed E-state index contributed by atoms with van der Waals surface area (Å²) in [6.45, 7) is 5.90. The van der Waals surface area contributed by atoms with E-state index < -0.39 is 0 Å². The number of hydrogen-bond acceptors (Lipinski definition) is 3. The number of carbonyl (C=O) groups excluding carboxylic acids is 1. The quantitative estimate of drug-likeness (QED) is 0.790. The zero-order valence-corrected chi connectivity index (χ0v) is 10.2. The molecule has 2 aliphatic rings. The molecule has 2 fully saturated rings. The van der Waals surface area contributed by atoms with Crippen LogP contribution in [0.2, 0.25) is 0 Å². The van der Waals surface area contributed by atoms with Crippen LogP contribution in [0, 0.1) is 17.8 Å². The van der Waals surface area contributed by atoms with E-state index in [-0.39, 0.29) is 5.92 Å². The highest BCUT2D eigenvalue weighted by molar-refractivity contribution is 5.81. The zero-order valence-electron chi connectivity index (χ0n) is 10.2. The van der Waals surface area contributed by atoms with Gasteiger partial charge in [-0.25, -0.2) is 0 Å². The Morgan fingerprint density at radius 2 is 2.38 bits per heavy atom. The van der Waals surface area contributed by atoms with Gasteiger partial charge in [0.25, 0.3) is 0 Å². The molecule has 0 aromatic carbocycles. The van der Waals surface area contributed by atoms with Crippen LogP contribution in [0.15, 0.2) is 0 Å². The summed E-state index contributed by atoms with van der Waals surface area (Å²) >= 11 is 0. The second-order valence-electron chi connectivity index (χ2n) is 5.31. The summed E-state index contributed by atoms with van der Waals surface area (Å²) in [6.07, 6.45) is 4.23. The third-order valence-corrected chi connectivity index (χ3v) is 4.05. The van der Waals surface area contributed by atoms with E-state index in [1.807, 2.05) is 0 Å². The van der Waals surface area contributed by atoms with Gasteiger partial charge in [-0.2, -0.15) is 0 Å². The Hall–Kier alpha value is -0.410. The molecule has 0 aromatic heterocycles. The van der Waals surface area contributed by atoms with Crippen molar-refractivity contribution in [3.8, 4) is 0 Å². The van der Waals surface area contributed by atoms with Crippen molar-refractivity contribution in [2.45, 2.75) is 32.6 Å². The molecule has 2 rings (SSSR count). The maximum atomic E-state index is 12.0. The highest BCUT2D eigenvalue weighted by Gasteiger charge is 2.27. The minimum atomic E-state index is 0.194. The van der Waals surface area contributed by atoms with Gasteiger partial charge in [-0.3, -0.25) is 4.79 Å². The second kappa shape index (κ2) is 5.78. The molecule has 3 heteroatoms. The van der Waals surface area contributed by atoms with Gasteiger partial charge in [0.15, 0.2) is 0 Å². The molecule has 2 heterocycles. The first-order chi connectivity index (χ1) is 7.77. The molecule has 0 radical (unpaired) electrons. The molecular weight excluding hydrogens is 202 g/mol. The topological polar surface area (TPSA) is 38.3 Å². The lowest BCUT2D eigenvalue weighted by atomic mass is 9.82.